The summed E-state index contributed by atoms with van der Waals surface area (Å²) in [6, 6.07) is 4.21. The Morgan fingerprint density at radius 1 is 1.53 bits per heavy atom. The van der Waals surface area contributed by atoms with Crippen molar-refractivity contribution < 1.29 is 4.74 Å². The third-order valence-corrected chi connectivity index (χ3v) is 3.77. The number of nitrogens with one attached hydrogen (secondary N) is 1. The molecule has 1 aliphatic heterocycles. The van der Waals surface area contributed by atoms with Crippen molar-refractivity contribution in [3.05, 3.63) is 35.9 Å². The van der Waals surface area contributed by atoms with Gasteiger partial charge in [0.15, 0.2) is 0 Å². The molecule has 2 radical (unpaired) electrons. The molecular weight excluding hydrogens is 233 g/mol. The molecule has 100 valence electrons. The SMILES string of the molecule is [B]c1cc2c(cc1OCC=C)CCNCC2C(C)C. The minimum atomic E-state index is 0.495. The highest BCUT2D eigenvalue weighted by Gasteiger charge is 2.22. The normalized spacial score (nSPS) is 18.8. The molecule has 1 N–H and O–H groups in total. The van der Waals surface area contributed by atoms with Crippen molar-refractivity contribution in [2.75, 3.05) is 19.7 Å². The quantitative estimate of drug-likeness (QED) is 0.655. The average molecular weight is 255 g/mol. The van der Waals surface area contributed by atoms with E-state index in [1.807, 2.05) is 0 Å². The maximum atomic E-state index is 6.12. The summed E-state index contributed by atoms with van der Waals surface area (Å²) in [7, 11) is 6.12. The molecule has 0 saturated heterocycles. The molecule has 0 bridgehead atoms. The molecule has 0 aromatic heterocycles. The van der Waals surface area contributed by atoms with Crippen molar-refractivity contribution in [3.63, 3.8) is 0 Å². The predicted octanol–water partition coefficient (Wildman–Crippen LogP) is 1.93. The largest absolute Gasteiger partial charge is 0.490 e. The van der Waals surface area contributed by atoms with Crippen molar-refractivity contribution in [1.29, 1.82) is 0 Å². The zero-order chi connectivity index (χ0) is 13.8. The van der Waals surface area contributed by atoms with Gasteiger partial charge in [0.2, 0.25) is 0 Å². The highest BCUT2D eigenvalue weighted by molar-refractivity contribution is 6.34. The molecule has 0 fully saturated rings. The topological polar surface area (TPSA) is 21.3 Å². The van der Waals surface area contributed by atoms with E-state index in [4.69, 9.17) is 12.6 Å². The Balaban J connectivity index is 2.37. The van der Waals surface area contributed by atoms with Crippen LogP contribution in [0.2, 0.25) is 0 Å². The highest BCUT2D eigenvalue weighted by Crippen LogP contribution is 2.30. The summed E-state index contributed by atoms with van der Waals surface area (Å²) in [6.45, 7) is 10.7. The molecule has 0 saturated carbocycles. The molecule has 1 heterocycles. The van der Waals surface area contributed by atoms with Gasteiger partial charge in [0.05, 0.1) is 0 Å². The van der Waals surface area contributed by atoms with Crippen molar-refractivity contribution >= 4 is 13.3 Å². The predicted molar refractivity (Wildman–Crippen MR) is 81.7 cm³/mol. The Kier molecular flexibility index (Phi) is 4.70. The number of rotatable bonds is 4. The van der Waals surface area contributed by atoms with E-state index >= 15 is 0 Å². The molecule has 1 unspecified atom stereocenters. The molecule has 1 aromatic rings. The van der Waals surface area contributed by atoms with E-state index in [0.29, 0.717) is 18.4 Å². The zero-order valence-corrected chi connectivity index (χ0v) is 11.9. The average Bonchev–Trinajstić information content (AvgIpc) is 2.58. The molecule has 1 aromatic carbocycles. The Hall–Kier alpha value is -1.22. The maximum absolute atomic E-state index is 6.12. The summed E-state index contributed by atoms with van der Waals surface area (Å²) in [4.78, 5) is 0. The van der Waals surface area contributed by atoms with Crippen LogP contribution in [0, 0.1) is 5.92 Å². The van der Waals surface area contributed by atoms with Gasteiger partial charge < -0.3 is 10.1 Å². The first-order valence-corrected chi connectivity index (χ1v) is 7.00. The second-order valence-electron chi connectivity index (χ2n) is 5.49. The molecule has 1 atom stereocenters. The minimum Gasteiger partial charge on any atom is -0.490 e. The van der Waals surface area contributed by atoms with E-state index in [1.54, 1.807) is 6.08 Å². The van der Waals surface area contributed by atoms with E-state index < -0.39 is 0 Å². The van der Waals surface area contributed by atoms with Crippen molar-refractivity contribution in [2.24, 2.45) is 5.92 Å². The summed E-state index contributed by atoms with van der Waals surface area (Å²) < 4.78 is 5.63. The standard InChI is InChI=1S/C16H22BNO/c1-4-7-19-16-8-12-5-6-18-10-14(11(2)3)13(12)9-15(16)17/h4,8-9,11,14,18H,1,5-7,10H2,2-3H3. The van der Waals surface area contributed by atoms with Crippen LogP contribution in [0.1, 0.15) is 30.9 Å². The Morgan fingerprint density at radius 2 is 2.32 bits per heavy atom. The summed E-state index contributed by atoms with van der Waals surface area (Å²) in [5.41, 5.74) is 3.47. The van der Waals surface area contributed by atoms with Gasteiger partial charge in [-0.25, -0.2) is 0 Å². The first-order chi connectivity index (χ1) is 9.13. The fourth-order valence-corrected chi connectivity index (χ4v) is 2.68. The number of hydrogen-bond acceptors (Lipinski definition) is 2. The summed E-state index contributed by atoms with van der Waals surface area (Å²) in [5, 5.41) is 3.51. The molecule has 0 amide bonds. The van der Waals surface area contributed by atoms with Gasteiger partial charge in [-0.05, 0) is 42.0 Å². The van der Waals surface area contributed by atoms with Crippen LogP contribution in [0.4, 0.5) is 0 Å². The van der Waals surface area contributed by atoms with Crippen molar-refractivity contribution in [3.8, 4) is 5.75 Å². The first kappa shape index (κ1) is 14.2. The molecule has 2 nitrogen and oxygen atoms in total. The molecule has 2 rings (SSSR count). The summed E-state index contributed by atoms with van der Waals surface area (Å²) >= 11 is 0. The zero-order valence-electron chi connectivity index (χ0n) is 11.9. The smallest absolute Gasteiger partial charge is 0.119 e. The van der Waals surface area contributed by atoms with E-state index in [1.165, 1.54) is 11.1 Å². The summed E-state index contributed by atoms with van der Waals surface area (Å²) in [5.74, 6) is 1.90. The second kappa shape index (κ2) is 6.29. The Bertz CT molecular complexity index is 456. The number of hydrogen-bond donors (Lipinski definition) is 1. The van der Waals surface area contributed by atoms with Gasteiger partial charge >= 0.3 is 0 Å². The number of benzene rings is 1. The lowest BCUT2D eigenvalue weighted by molar-refractivity contribution is 0.365. The highest BCUT2D eigenvalue weighted by atomic mass is 16.5. The van der Waals surface area contributed by atoms with Gasteiger partial charge in [-0.1, -0.05) is 38.0 Å². The molecule has 0 spiro atoms. The first-order valence-electron chi connectivity index (χ1n) is 7.00. The number of ether oxygens (including phenoxy) is 1. The fourth-order valence-electron chi connectivity index (χ4n) is 2.68. The number of fused-ring (bicyclic) bond motifs is 1. The van der Waals surface area contributed by atoms with Crippen LogP contribution in [0.3, 0.4) is 0 Å². The fraction of sp³-hybridized carbons (Fsp3) is 0.500. The van der Waals surface area contributed by atoms with Crippen LogP contribution < -0.4 is 15.5 Å². The summed E-state index contributed by atoms with van der Waals surface area (Å²) in [6.07, 6.45) is 2.77. The minimum absolute atomic E-state index is 0.495. The molecule has 3 heteroatoms. The van der Waals surface area contributed by atoms with Crippen LogP contribution in [0.15, 0.2) is 24.8 Å². The third-order valence-electron chi connectivity index (χ3n) is 3.77. The Labute approximate surface area is 117 Å². The van der Waals surface area contributed by atoms with Gasteiger partial charge in [-0.3, -0.25) is 0 Å². The van der Waals surface area contributed by atoms with E-state index in [-0.39, 0.29) is 0 Å². The van der Waals surface area contributed by atoms with E-state index in [0.717, 1.165) is 30.7 Å². The van der Waals surface area contributed by atoms with E-state index in [9.17, 15) is 0 Å². The van der Waals surface area contributed by atoms with Crippen LogP contribution >= 0.6 is 0 Å². The lowest BCUT2D eigenvalue weighted by Crippen LogP contribution is -2.23. The van der Waals surface area contributed by atoms with Crippen LogP contribution in [0.25, 0.3) is 0 Å². The third kappa shape index (κ3) is 3.21. The van der Waals surface area contributed by atoms with Crippen molar-refractivity contribution in [2.45, 2.75) is 26.2 Å². The van der Waals surface area contributed by atoms with Gasteiger partial charge in [-0.2, -0.15) is 0 Å². The van der Waals surface area contributed by atoms with Gasteiger partial charge in [0.1, 0.15) is 20.2 Å². The van der Waals surface area contributed by atoms with Crippen LogP contribution in [-0.2, 0) is 6.42 Å². The van der Waals surface area contributed by atoms with Crippen LogP contribution in [-0.4, -0.2) is 27.5 Å². The lowest BCUT2D eigenvalue weighted by atomic mass is 9.81. The molecular formula is C16H22BNO. The van der Waals surface area contributed by atoms with Crippen LogP contribution in [0.5, 0.6) is 5.75 Å². The van der Waals surface area contributed by atoms with Crippen molar-refractivity contribution in [1.82, 2.24) is 5.32 Å². The monoisotopic (exact) mass is 255 g/mol. The maximum Gasteiger partial charge on any atom is 0.119 e. The van der Waals surface area contributed by atoms with Gasteiger partial charge in [-0.15, -0.1) is 0 Å². The molecule has 0 aliphatic carbocycles. The van der Waals surface area contributed by atoms with Gasteiger partial charge in [0, 0.05) is 6.54 Å². The molecule has 1 aliphatic rings. The lowest BCUT2D eigenvalue weighted by Gasteiger charge is -2.23. The molecule has 19 heavy (non-hydrogen) atoms. The second-order valence-corrected chi connectivity index (χ2v) is 5.49. The van der Waals surface area contributed by atoms with Gasteiger partial charge in [0.25, 0.3) is 0 Å². The Morgan fingerprint density at radius 3 is 3.00 bits per heavy atom. The van der Waals surface area contributed by atoms with E-state index in [2.05, 4.69) is 37.9 Å².